The molecule has 2 heterocycles. The molecule has 1 aromatic carbocycles. The van der Waals surface area contributed by atoms with Crippen LogP contribution in [0, 0.1) is 12.8 Å². The van der Waals surface area contributed by atoms with Gasteiger partial charge in [0, 0.05) is 32.7 Å². The van der Waals surface area contributed by atoms with Gasteiger partial charge >= 0.3 is 0 Å². The molecule has 0 aliphatic carbocycles. The molecule has 24 heavy (non-hydrogen) atoms. The van der Waals surface area contributed by atoms with Crippen LogP contribution in [0.25, 0.3) is 0 Å². The summed E-state index contributed by atoms with van der Waals surface area (Å²) >= 11 is 0. The standard InChI is InChI=1S/C18H28N2O3S/c1-16-3-2-4-18(13-16)15-24(21,22)20-7-5-17(6-8-20)14-19-9-11-23-12-10-19/h2-4,13,17H,5-12,14-15H2,1H3. The largest absolute Gasteiger partial charge is 0.379 e. The van der Waals surface area contributed by atoms with E-state index in [0.29, 0.717) is 19.0 Å². The molecule has 0 saturated carbocycles. The van der Waals surface area contributed by atoms with Crippen LogP contribution in [0.15, 0.2) is 24.3 Å². The van der Waals surface area contributed by atoms with E-state index >= 15 is 0 Å². The lowest BCUT2D eigenvalue weighted by Crippen LogP contribution is -2.44. The molecule has 2 aliphatic rings. The van der Waals surface area contributed by atoms with E-state index in [1.807, 2.05) is 31.2 Å². The Balaban J connectivity index is 1.51. The van der Waals surface area contributed by atoms with Crippen LogP contribution in [0.2, 0.25) is 0 Å². The summed E-state index contributed by atoms with van der Waals surface area (Å²) in [4.78, 5) is 2.45. The molecular formula is C18H28N2O3S. The first-order valence-corrected chi connectivity index (χ1v) is 10.5. The van der Waals surface area contributed by atoms with Crippen molar-refractivity contribution in [3.8, 4) is 0 Å². The number of ether oxygens (including phenoxy) is 1. The minimum atomic E-state index is -3.21. The molecule has 0 unspecified atom stereocenters. The van der Waals surface area contributed by atoms with Crippen LogP contribution in [0.4, 0.5) is 0 Å². The van der Waals surface area contributed by atoms with E-state index in [0.717, 1.165) is 56.8 Å². The Kier molecular flexibility index (Phi) is 5.92. The van der Waals surface area contributed by atoms with Crippen LogP contribution in [0.3, 0.4) is 0 Å². The lowest BCUT2D eigenvalue weighted by atomic mass is 9.97. The van der Waals surface area contributed by atoms with E-state index < -0.39 is 10.0 Å². The number of piperidine rings is 1. The van der Waals surface area contributed by atoms with Crippen LogP contribution in [-0.4, -0.2) is 63.6 Å². The van der Waals surface area contributed by atoms with Gasteiger partial charge in [0.05, 0.1) is 19.0 Å². The molecule has 6 heteroatoms. The number of hydrogen-bond donors (Lipinski definition) is 0. The average molecular weight is 353 g/mol. The maximum absolute atomic E-state index is 12.7. The first-order valence-electron chi connectivity index (χ1n) is 8.86. The number of sulfonamides is 1. The van der Waals surface area contributed by atoms with Crippen molar-refractivity contribution in [2.24, 2.45) is 5.92 Å². The monoisotopic (exact) mass is 352 g/mol. The van der Waals surface area contributed by atoms with Crippen LogP contribution in [-0.2, 0) is 20.5 Å². The zero-order chi connectivity index (χ0) is 17.0. The minimum absolute atomic E-state index is 0.114. The van der Waals surface area contributed by atoms with Crippen LogP contribution < -0.4 is 0 Å². The summed E-state index contributed by atoms with van der Waals surface area (Å²) in [5.41, 5.74) is 1.98. The molecule has 0 bridgehead atoms. The van der Waals surface area contributed by atoms with E-state index in [2.05, 4.69) is 4.90 Å². The lowest BCUT2D eigenvalue weighted by Gasteiger charge is -2.35. The Morgan fingerprint density at radius 1 is 1.12 bits per heavy atom. The molecule has 2 aliphatic heterocycles. The summed E-state index contributed by atoms with van der Waals surface area (Å²) in [5.74, 6) is 0.719. The van der Waals surface area contributed by atoms with Gasteiger partial charge in [0.25, 0.3) is 0 Å². The molecule has 134 valence electrons. The Bertz CT molecular complexity index is 633. The number of aryl methyl sites for hydroxylation is 1. The van der Waals surface area contributed by atoms with Crippen molar-refractivity contribution in [1.29, 1.82) is 0 Å². The predicted octanol–water partition coefficient (Wildman–Crippen LogP) is 1.87. The number of rotatable bonds is 5. The van der Waals surface area contributed by atoms with Crippen LogP contribution in [0.1, 0.15) is 24.0 Å². The molecular weight excluding hydrogens is 324 g/mol. The molecule has 0 radical (unpaired) electrons. The van der Waals surface area contributed by atoms with Crippen molar-refractivity contribution in [1.82, 2.24) is 9.21 Å². The molecule has 0 aromatic heterocycles. The van der Waals surface area contributed by atoms with E-state index in [9.17, 15) is 8.42 Å². The van der Waals surface area contributed by atoms with Gasteiger partial charge in [-0.3, -0.25) is 4.90 Å². The van der Waals surface area contributed by atoms with Crippen molar-refractivity contribution < 1.29 is 13.2 Å². The minimum Gasteiger partial charge on any atom is -0.379 e. The molecule has 0 atom stereocenters. The molecule has 1 aromatic rings. The van der Waals surface area contributed by atoms with Gasteiger partial charge < -0.3 is 4.74 Å². The summed E-state index contributed by atoms with van der Waals surface area (Å²) in [6.07, 6.45) is 1.93. The SMILES string of the molecule is Cc1cccc(CS(=O)(=O)N2CCC(CN3CCOCC3)CC2)c1. The lowest BCUT2D eigenvalue weighted by molar-refractivity contribution is 0.0269. The van der Waals surface area contributed by atoms with Gasteiger partial charge in [-0.25, -0.2) is 12.7 Å². The van der Waals surface area contributed by atoms with Crippen molar-refractivity contribution in [2.45, 2.75) is 25.5 Å². The van der Waals surface area contributed by atoms with Gasteiger partial charge in [-0.2, -0.15) is 0 Å². The molecule has 5 nitrogen and oxygen atoms in total. The third-order valence-electron chi connectivity index (χ3n) is 5.02. The maximum atomic E-state index is 12.7. The first kappa shape index (κ1) is 17.9. The number of morpholine rings is 1. The van der Waals surface area contributed by atoms with E-state index in [1.165, 1.54) is 0 Å². The smallest absolute Gasteiger partial charge is 0.218 e. The fourth-order valence-electron chi connectivity index (χ4n) is 3.62. The fourth-order valence-corrected chi connectivity index (χ4v) is 5.17. The summed E-state index contributed by atoms with van der Waals surface area (Å²) < 4.78 is 32.4. The second-order valence-corrected chi connectivity index (χ2v) is 8.97. The highest BCUT2D eigenvalue weighted by Crippen LogP contribution is 2.23. The van der Waals surface area contributed by atoms with Gasteiger partial charge in [-0.1, -0.05) is 29.8 Å². The van der Waals surface area contributed by atoms with Gasteiger partial charge in [0.15, 0.2) is 0 Å². The molecule has 0 spiro atoms. The molecule has 3 rings (SSSR count). The highest BCUT2D eigenvalue weighted by Gasteiger charge is 2.29. The third-order valence-corrected chi connectivity index (χ3v) is 6.87. The van der Waals surface area contributed by atoms with E-state index in [-0.39, 0.29) is 5.75 Å². The highest BCUT2D eigenvalue weighted by atomic mass is 32.2. The zero-order valence-corrected chi connectivity index (χ0v) is 15.3. The summed E-state index contributed by atoms with van der Waals surface area (Å²) in [6, 6.07) is 7.78. The topological polar surface area (TPSA) is 49.9 Å². The van der Waals surface area contributed by atoms with Gasteiger partial charge in [0.2, 0.25) is 10.0 Å². The van der Waals surface area contributed by atoms with Crippen molar-refractivity contribution in [3.05, 3.63) is 35.4 Å². The summed E-state index contributed by atoms with van der Waals surface area (Å²) in [6.45, 7) is 8.04. The molecule has 2 fully saturated rings. The average Bonchev–Trinajstić information content (AvgIpc) is 2.56. The second kappa shape index (κ2) is 7.95. The Labute approximate surface area is 145 Å². The first-order chi connectivity index (χ1) is 11.5. The van der Waals surface area contributed by atoms with Gasteiger partial charge in [-0.15, -0.1) is 0 Å². The highest BCUT2D eigenvalue weighted by molar-refractivity contribution is 7.88. The molecule has 0 N–H and O–H groups in total. The van der Waals surface area contributed by atoms with Crippen LogP contribution >= 0.6 is 0 Å². The molecule has 0 amide bonds. The third kappa shape index (κ3) is 4.79. The van der Waals surface area contributed by atoms with E-state index in [1.54, 1.807) is 4.31 Å². The van der Waals surface area contributed by atoms with Gasteiger partial charge in [-0.05, 0) is 31.2 Å². The number of benzene rings is 1. The Hall–Kier alpha value is -0.950. The second-order valence-electron chi connectivity index (χ2n) is 7.00. The Morgan fingerprint density at radius 2 is 1.83 bits per heavy atom. The van der Waals surface area contributed by atoms with Crippen molar-refractivity contribution in [2.75, 3.05) is 45.9 Å². The van der Waals surface area contributed by atoms with E-state index in [4.69, 9.17) is 4.74 Å². The van der Waals surface area contributed by atoms with Crippen molar-refractivity contribution in [3.63, 3.8) is 0 Å². The van der Waals surface area contributed by atoms with Crippen LogP contribution in [0.5, 0.6) is 0 Å². The maximum Gasteiger partial charge on any atom is 0.218 e. The number of hydrogen-bond acceptors (Lipinski definition) is 4. The predicted molar refractivity (Wildman–Crippen MR) is 95.4 cm³/mol. The van der Waals surface area contributed by atoms with Gasteiger partial charge in [0.1, 0.15) is 0 Å². The fraction of sp³-hybridized carbons (Fsp3) is 0.667. The normalized spacial score (nSPS) is 21.9. The quantitative estimate of drug-likeness (QED) is 0.812. The summed E-state index contributed by atoms with van der Waals surface area (Å²) in [5, 5.41) is 0. The molecule has 2 saturated heterocycles. The number of nitrogens with zero attached hydrogens (tertiary/aromatic N) is 2. The van der Waals surface area contributed by atoms with Crippen molar-refractivity contribution >= 4 is 10.0 Å². The summed E-state index contributed by atoms with van der Waals surface area (Å²) in [7, 11) is -3.21. The Morgan fingerprint density at radius 3 is 2.50 bits per heavy atom. The zero-order valence-electron chi connectivity index (χ0n) is 14.5.